The zero-order valence-electron chi connectivity index (χ0n) is 15.4. The number of nitrogen functional groups attached to an aromatic ring is 1. The van der Waals surface area contributed by atoms with E-state index in [4.69, 9.17) is 27.2 Å². The van der Waals surface area contributed by atoms with Crippen molar-refractivity contribution in [2.24, 2.45) is 0 Å². The number of anilines is 1. The quantitative estimate of drug-likeness (QED) is 0.407. The first kappa shape index (κ1) is 19.0. The minimum absolute atomic E-state index is 0.0726. The van der Waals surface area contributed by atoms with Crippen molar-refractivity contribution in [3.8, 4) is 23.4 Å². The van der Waals surface area contributed by atoms with Gasteiger partial charge in [0.25, 0.3) is 0 Å². The molecule has 140 valence electrons. The molecule has 0 amide bonds. The van der Waals surface area contributed by atoms with Gasteiger partial charge in [-0.2, -0.15) is 4.98 Å². The fourth-order valence-electron chi connectivity index (χ4n) is 2.95. The van der Waals surface area contributed by atoms with Crippen molar-refractivity contribution < 1.29 is 9.84 Å². The van der Waals surface area contributed by atoms with Crippen LogP contribution in [0.1, 0.15) is 29.5 Å². The molecule has 0 unspecified atom stereocenters. The van der Waals surface area contributed by atoms with Crippen LogP contribution < -0.4 is 10.5 Å². The Labute approximate surface area is 162 Å². The van der Waals surface area contributed by atoms with E-state index in [-0.39, 0.29) is 17.7 Å². The van der Waals surface area contributed by atoms with Gasteiger partial charge in [0.05, 0.1) is 18.1 Å². The summed E-state index contributed by atoms with van der Waals surface area (Å²) in [7, 11) is 1.63. The lowest BCUT2D eigenvalue weighted by Crippen LogP contribution is -2.05. The van der Waals surface area contributed by atoms with E-state index in [1.54, 1.807) is 17.9 Å². The van der Waals surface area contributed by atoms with Crippen LogP contribution in [0.15, 0.2) is 12.4 Å². The van der Waals surface area contributed by atoms with Crippen LogP contribution in [0.25, 0.3) is 16.9 Å². The molecule has 0 bridgehead atoms. The van der Waals surface area contributed by atoms with E-state index in [0.29, 0.717) is 35.3 Å². The van der Waals surface area contributed by atoms with E-state index >= 15 is 0 Å². The number of aromatic nitrogens is 4. The molecule has 0 aliphatic heterocycles. The molecule has 0 fully saturated rings. The fraction of sp³-hybridized carbons (Fsp3) is 0.316. The van der Waals surface area contributed by atoms with Gasteiger partial charge in [-0.3, -0.25) is 4.57 Å². The highest BCUT2D eigenvalue weighted by atomic mass is 35.5. The molecule has 0 atom stereocenters. The predicted octanol–water partition coefficient (Wildman–Crippen LogP) is 2.80. The van der Waals surface area contributed by atoms with Gasteiger partial charge >= 0.3 is 0 Å². The molecule has 8 heteroatoms. The molecule has 3 heterocycles. The molecule has 3 aromatic heterocycles. The summed E-state index contributed by atoms with van der Waals surface area (Å²) in [5.74, 6) is 7.60. The Kier molecular flexibility index (Phi) is 5.49. The Bertz CT molecular complexity index is 1070. The number of aliphatic hydroxyl groups excluding tert-OH is 1. The van der Waals surface area contributed by atoms with E-state index in [9.17, 15) is 0 Å². The maximum absolute atomic E-state index is 8.92. The molecule has 3 N–H and O–H groups in total. The third kappa shape index (κ3) is 3.54. The molecule has 3 aromatic rings. The third-order valence-corrected chi connectivity index (χ3v) is 4.42. The van der Waals surface area contributed by atoms with E-state index in [1.165, 1.54) is 0 Å². The molecular formula is C19H20ClN5O2. The average molecular weight is 386 g/mol. The molecule has 0 aliphatic rings. The van der Waals surface area contributed by atoms with Gasteiger partial charge in [0.1, 0.15) is 16.7 Å². The largest absolute Gasteiger partial charge is 0.496 e. The number of hydrogen-bond acceptors (Lipinski definition) is 6. The van der Waals surface area contributed by atoms with Crippen LogP contribution >= 0.6 is 11.6 Å². The predicted molar refractivity (Wildman–Crippen MR) is 105 cm³/mol. The number of aryl methyl sites for hydroxylation is 1. The first-order valence-corrected chi connectivity index (χ1v) is 8.80. The number of pyridine rings is 1. The van der Waals surface area contributed by atoms with Crippen LogP contribution in [0, 0.1) is 25.7 Å². The maximum atomic E-state index is 8.92. The lowest BCUT2D eigenvalue weighted by molar-refractivity contribution is 0.290. The Morgan fingerprint density at radius 2 is 2.11 bits per heavy atom. The Morgan fingerprint density at radius 1 is 1.33 bits per heavy atom. The first-order valence-electron chi connectivity index (χ1n) is 8.42. The van der Waals surface area contributed by atoms with Crippen LogP contribution in [0.3, 0.4) is 0 Å². The number of nitrogens with two attached hydrogens (primary N) is 1. The molecule has 0 saturated carbocycles. The number of unbranched alkanes of at least 4 members (excludes halogenated alkanes) is 1. The summed E-state index contributed by atoms with van der Waals surface area (Å²) in [4.78, 5) is 13.0. The smallest absolute Gasteiger partial charge is 0.223 e. The molecule has 0 saturated heterocycles. The standard InChI is InChI=1S/C19H20ClN5O2/c1-11-9-22-17(12(2)15(11)27-3)25-10-13(7-5-4-6-8-26)14-16(20)23-19(21)24-18(14)25/h9-10,26H,4,6,8H2,1-3H3,(H2,21,23,24). The Balaban J connectivity index is 2.26. The number of nitrogens with zero attached hydrogens (tertiary/aromatic N) is 4. The Hall–Kier alpha value is -2.82. The van der Waals surface area contributed by atoms with Gasteiger partial charge in [-0.05, 0) is 20.3 Å². The second kappa shape index (κ2) is 7.82. The van der Waals surface area contributed by atoms with Gasteiger partial charge in [-0.15, -0.1) is 0 Å². The van der Waals surface area contributed by atoms with Crippen molar-refractivity contribution in [1.82, 2.24) is 19.5 Å². The minimum atomic E-state index is 0.0726. The van der Waals surface area contributed by atoms with Gasteiger partial charge in [0, 0.05) is 36.5 Å². The van der Waals surface area contributed by atoms with Crippen LogP contribution in [-0.4, -0.2) is 38.3 Å². The highest BCUT2D eigenvalue weighted by Gasteiger charge is 2.19. The zero-order valence-corrected chi connectivity index (χ0v) is 16.1. The summed E-state index contributed by atoms with van der Waals surface area (Å²) in [6.45, 7) is 3.97. The summed E-state index contributed by atoms with van der Waals surface area (Å²) in [6, 6.07) is 0. The molecular weight excluding hydrogens is 366 g/mol. The molecule has 0 radical (unpaired) electrons. The highest BCUT2D eigenvalue weighted by molar-refractivity contribution is 6.34. The topological polar surface area (TPSA) is 99.1 Å². The molecule has 0 aromatic carbocycles. The van der Waals surface area contributed by atoms with E-state index in [2.05, 4.69) is 26.8 Å². The average Bonchev–Trinajstić information content (AvgIpc) is 2.98. The molecule has 27 heavy (non-hydrogen) atoms. The normalized spacial score (nSPS) is 10.7. The van der Waals surface area contributed by atoms with Gasteiger partial charge in [-0.25, -0.2) is 9.97 Å². The summed E-state index contributed by atoms with van der Waals surface area (Å²) in [5, 5.41) is 9.77. The second-order valence-corrected chi connectivity index (χ2v) is 6.39. The van der Waals surface area contributed by atoms with E-state index in [0.717, 1.165) is 16.9 Å². The van der Waals surface area contributed by atoms with Gasteiger partial charge in [0.2, 0.25) is 5.95 Å². The van der Waals surface area contributed by atoms with Crippen molar-refractivity contribution in [3.05, 3.63) is 34.2 Å². The van der Waals surface area contributed by atoms with Crippen LogP contribution in [0.4, 0.5) is 5.95 Å². The summed E-state index contributed by atoms with van der Waals surface area (Å²) in [6.07, 6.45) is 4.75. The molecule has 3 rings (SSSR count). The summed E-state index contributed by atoms with van der Waals surface area (Å²) >= 11 is 6.33. The lowest BCUT2D eigenvalue weighted by Gasteiger charge is -2.13. The van der Waals surface area contributed by atoms with Gasteiger partial charge in [0.15, 0.2) is 5.65 Å². The first-order chi connectivity index (χ1) is 13.0. The zero-order chi connectivity index (χ0) is 19.6. The number of rotatable bonds is 4. The number of aliphatic hydroxyl groups is 1. The maximum Gasteiger partial charge on any atom is 0.223 e. The number of methoxy groups -OCH3 is 1. The van der Waals surface area contributed by atoms with Gasteiger partial charge < -0.3 is 15.6 Å². The minimum Gasteiger partial charge on any atom is -0.496 e. The lowest BCUT2D eigenvalue weighted by atomic mass is 10.2. The molecule has 0 aliphatic carbocycles. The molecule has 7 nitrogen and oxygen atoms in total. The number of fused-ring (bicyclic) bond motifs is 1. The van der Waals surface area contributed by atoms with Crippen molar-refractivity contribution in [3.63, 3.8) is 0 Å². The van der Waals surface area contributed by atoms with Crippen molar-refractivity contribution in [2.75, 3.05) is 19.5 Å². The highest BCUT2D eigenvalue weighted by Crippen LogP contribution is 2.32. The SMILES string of the molecule is COc1c(C)cnc(-n2cc(C#CCCCO)c3c(Cl)nc(N)nc32)c1C. The Morgan fingerprint density at radius 3 is 2.81 bits per heavy atom. The number of hydrogen-bond donors (Lipinski definition) is 2. The summed E-state index contributed by atoms with van der Waals surface area (Å²) < 4.78 is 7.31. The monoisotopic (exact) mass is 385 g/mol. The van der Waals surface area contributed by atoms with Crippen LogP contribution in [0.2, 0.25) is 5.15 Å². The fourth-order valence-corrected chi connectivity index (χ4v) is 3.22. The van der Waals surface area contributed by atoms with E-state index < -0.39 is 0 Å². The summed E-state index contributed by atoms with van der Waals surface area (Å²) in [5.41, 5.74) is 8.81. The molecule has 0 spiro atoms. The second-order valence-electron chi connectivity index (χ2n) is 6.04. The van der Waals surface area contributed by atoms with Crippen LogP contribution in [0.5, 0.6) is 5.75 Å². The van der Waals surface area contributed by atoms with Crippen molar-refractivity contribution in [1.29, 1.82) is 0 Å². The number of ether oxygens (including phenoxy) is 1. The number of halogens is 1. The van der Waals surface area contributed by atoms with E-state index in [1.807, 2.05) is 20.0 Å². The van der Waals surface area contributed by atoms with Crippen LogP contribution in [-0.2, 0) is 0 Å². The third-order valence-electron chi connectivity index (χ3n) is 4.15. The van der Waals surface area contributed by atoms with Gasteiger partial charge in [-0.1, -0.05) is 23.4 Å². The van der Waals surface area contributed by atoms with Crippen molar-refractivity contribution in [2.45, 2.75) is 26.7 Å². The van der Waals surface area contributed by atoms with Crippen molar-refractivity contribution >= 4 is 28.6 Å².